The molecule has 1 fully saturated rings. The van der Waals surface area contributed by atoms with E-state index in [-0.39, 0.29) is 10.6 Å². The monoisotopic (exact) mass is 293 g/mol. The average molecular weight is 293 g/mol. The van der Waals surface area contributed by atoms with Gasteiger partial charge in [-0.15, -0.1) is 16.9 Å². The van der Waals surface area contributed by atoms with Crippen LogP contribution in [0.3, 0.4) is 0 Å². The summed E-state index contributed by atoms with van der Waals surface area (Å²) in [6.07, 6.45) is 1.74. The number of hydrazone groups is 1. The van der Waals surface area contributed by atoms with Gasteiger partial charge in [0.2, 0.25) is 5.17 Å². The molecule has 98 valence electrons. The van der Waals surface area contributed by atoms with E-state index in [4.69, 9.17) is 4.74 Å². The van der Waals surface area contributed by atoms with Gasteiger partial charge < -0.3 is 4.74 Å². The van der Waals surface area contributed by atoms with Crippen LogP contribution in [-0.4, -0.2) is 39.9 Å². The molecule has 0 bridgehead atoms. The number of thioether (sulfide) groups is 2. The van der Waals surface area contributed by atoms with Crippen molar-refractivity contribution in [3.05, 3.63) is 29.8 Å². The Balaban J connectivity index is 1.69. The minimum absolute atomic E-state index is 0.0529. The molecule has 3 rings (SSSR count). The highest BCUT2D eigenvalue weighted by Gasteiger charge is 2.38. The number of aliphatic imine (C=N–C) groups is 1. The Labute approximate surface area is 119 Å². The van der Waals surface area contributed by atoms with Gasteiger partial charge in [-0.2, -0.15) is 0 Å². The van der Waals surface area contributed by atoms with Crippen molar-refractivity contribution in [2.45, 2.75) is 4.71 Å². The summed E-state index contributed by atoms with van der Waals surface area (Å²) in [6.45, 7) is 0. The maximum Gasteiger partial charge on any atom is 0.254 e. The molecule has 0 N–H and O–H groups in total. The number of amidine groups is 1. The molecule has 19 heavy (non-hydrogen) atoms. The normalized spacial score (nSPS) is 21.9. The Morgan fingerprint density at radius 2 is 2.26 bits per heavy atom. The van der Waals surface area contributed by atoms with Gasteiger partial charge in [-0.1, -0.05) is 0 Å². The van der Waals surface area contributed by atoms with Crippen molar-refractivity contribution in [3.8, 4) is 5.75 Å². The molecule has 0 spiro atoms. The first-order chi connectivity index (χ1) is 9.26. The predicted molar refractivity (Wildman–Crippen MR) is 78.7 cm³/mol. The van der Waals surface area contributed by atoms with E-state index in [0.29, 0.717) is 10.9 Å². The van der Waals surface area contributed by atoms with Gasteiger partial charge in [-0.3, -0.25) is 4.79 Å². The van der Waals surface area contributed by atoms with E-state index in [1.54, 1.807) is 25.1 Å². The molecule has 0 saturated carbocycles. The number of carbonyl (C=O) groups excluding carboxylic acids is 1. The molecular formula is C12H11N3O2S2. The third-order valence-corrected chi connectivity index (χ3v) is 5.04. The molecule has 1 amide bonds. The lowest BCUT2D eigenvalue weighted by atomic mass is 10.2. The van der Waals surface area contributed by atoms with Crippen molar-refractivity contribution >= 4 is 40.8 Å². The van der Waals surface area contributed by atoms with Gasteiger partial charge in [0.15, 0.2) is 4.71 Å². The predicted octanol–water partition coefficient (Wildman–Crippen LogP) is 1.99. The van der Waals surface area contributed by atoms with Crippen molar-refractivity contribution < 1.29 is 9.53 Å². The fourth-order valence-corrected chi connectivity index (χ4v) is 3.82. The molecule has 1 atom stereocenters. The van der Waals surface area contributed by atoms with Gasteiger partial charge in [0.25, 0.3) is 5.91 Å². The van der Waals surface area contributed by atoms with Crippen LogP contribution in [0.5, 0.6) is 5.75 Å². The largest absolute Gasteiger partial charge is 0.497 e. The van der Waals surface area contributed by atoms with Gasteiger partial charge in [-0.05, 0) is 41.6 Å². The highest BCUT2D eigenvalue weighted by atomic mass is 32.2. The minimum atomic E-state index is 0.0529. The zero-order valence-corrected chi connectivity index (χ0v) is 11.8. The summed E-state index contributed by atoms with van der Waals surface area (Å²) in [4.78, 5) is 15.8. The number of nitrogens with zero attached hydrogens (tertiary/aromatic N) is 3. The number of methoxy groups -OCH3 is 1. The molecule has 1 unspecified atom stereocenters. The first kappa shape index (κ1) is 12.6. The quantitative estimate of drug-likeness (QED) is 0.783. The number of benzene rings is 1. The molecule has 2 aliphatic rings. The van der Waals surface area contributed by atoms with Gasteiger partial charge in [-0.25, -0.2) is 10.0 Å². The van der Waals surface area contributed by atoms with Crippen LogP contribution in [0.15, 0.2) is 34.4 Å². The Morgan fingerprint density at radius 1 is 1.47 bits per heavy atom. The second kappa shape index (κ2) is 5.26. The van der Waals surface area contributed by atoms with E-state index in [2.05, 4.69) is 10.1 Å². The summed E-state index contributed by atoms with van der Waals surface area (Å²) >= 11 is 3.09. The van der Waals surface area contributed by atoms with Gasteiger partial charge in [0, 0.05) is 6.21 Å². The molecule has 5 nitrogen and oxygen atoms in total. The molecule has 2 heterocycles. The maximum absolute atomic E-state index is 11.5. The lowest BCUT2D eigenvalue weighted by molar-refractivity contribution is -0.126. The van der Waals surface area contributed by atoms with Crippen molar-refractivity contribution in [2.24, 2.45) is 10.1 Å². The van der Waals surface area contributed by atoms with E-state index in [1.807, 2.05) is 24.3 Å². The molecule has 7 heteroatoms. The number of carbonyl (C=O) groups is 1. The van der Waals surface area contributed by atoms with Crippen molar-refractivity contribution in [3.63, 3.8) is 0 Å². The molecular weight excluding hydrogens is 282 g/mol. The smallest absolute Gasteiger partial charge is 0.254 e. The highest BCUT2D eigenvalue weighted by Crippen LogP contribution is 2.39. The van der Waals surface area contributed by atoms with E-state index in [1.165, 1.54) is 16.8 Å². The van der Waals surface area contributed by atoms with Crippen LogP contribution in [0.2, 0.25) is 0 Å². The first-order valence-corrected chi connectivity index (χ1v) is 7.56. The fourth-order valence-electron chi connectivity index (χ4n) is 1.67. The van der Waals surface area contributed by atoms with E-state index in [9.17, 15) is 4.79 Å². The molecule has 0 radical (unpaired) electrons. The van der Waals surface area contributed by atoms with Crippen LogP contribution in [0, 0.1) is 0 Å². The maximum atomic E-state index is 11.5. The topological polar surface area (TPSA) is 54.3 Å². The molecule has 1 saturated heterocycles. The Bertz CT molecular complexity index is 557. The summed E-state index contributed by atoms with van der Waals surface area (Å²) < 4.78 is 5.16. The van der Waals surface area contributed by atoms with Crippen molar-refractivity contribution in [2.75, 3.05) is 12.9 Å². The zero-order valence-electron chi connectivity index (χ0n) is 10.1. The lowest BCUT2D eigenvalue weighted by Gasteiger charge is -2.06. The van der Waals surface area contributed by atoms with E-state index in [0.717, 1.165) is 11.3 Å². The molecule has 0 aliphatic carbocycles. The molecule has 1 aromatic carbocycles. The molecule has 2 aliphatic heterocycles. The Morgan fingerprint density at radius 3 is 2.95 bits per heavy atom. The summed E-state index contributed by atoms with van der Waals surface area (Å²) in [6, 6.07) is 7.60. The van der Waals surface area contributed by atoms with Crippen LogP contribution in [0.4, 0.5) is 0 Å². The number of hydrogen-bond acceptors (Lipinski definition) is 6. The van der Waals surface area contributed by atoms with Crippen molar-refractivity contribution in [1.29, 1.82) is 0 Å². The highest BCUT2D eigenvalue weighted by molar-refractivity contribution is 8.25. The Hall–Kier alpha value is -1.47. The first-order valence-electron chi connectivity index (χ1n) is 5.63. The van der Waals surface area contributed by atoms with Gasteiger partial charge in [0.1, 0.15) is 5.75 Å². The second-order valence-electron chi connectivity index (χ2n) is 3.89. The van der Waals surface area contributed by atoms with Crippen LogP contribution in [0.25, 0.3) is 0 Å². The third kappa shape index (κ3) is 2.62. The summed E-state index contributed by atoms with van der Waals surface area (Å²) in [7, 11) is 1.63. The van der Waals surface area contributed by atoms with Crippen molar-refractivity contribution in [1.82, 2.24) is 5.01 Å². The number of hydrogen-bond donors (Lipinski definition) is 0. The zero-order chi connectivity index (χ0) is 13.2. The number of rotatable bonds is 2. The molecule has 0 aromatic heterocycles. The minimum Gasteiger partial charge on any atom is -0.497 e. The number of ether oxygens (including phenoxy) is 1. The summed E-state index contributed by atoms with van der Waals surface area (Å²) in [5.74, 6) is 1.38. The van der Waals surface area contributed by atoms with Crippen LogP contribution in [-0.2, 0) is 4.79 Å². The van der Waals surface area contributed by atoms with E-state index >= 15 is 0 Å². The van der Waals surface area contributed by atoms with Crippen LogP contribution in [0.1, 0.15) is 5.56 Å². The van der Waals surface area contributed by atoms with Crippen LogP contribution >= 0.6 is 23.5 Å². The van der Waals surface area contributed by atoms with E-state index < -0.39 is 0 Å². The second-order valence-corrected chi connectivity index (χ2v) is 6.30. The average Bonchev–Trinajstić information content (AvgIpc) is 2.99. The summed E-state index contributed by atoms with van der Waals surface area (Å²) in [5.41, 5.74) is 0.968. The number of fused-ring (bicyclic) bond motifs is 1. The standard InChI is InChI=1S/C12H11N3O2S2/c1-17-9-4-2-8(3-5-9)6-13-11-14-15-10(16)7-18-12(15)19-11/h2-6,12H,7H2,1H3. The fraction of sp³-hybridized carbons (Fsp3) is 0.250. The van der Waals surface area contributed by atoms with Gasteiger partial charge in [0.05, 0.1) is 12.9 Å². The Kier molecular flexibility index (Phi) is 3.48. The number of amides is 1. The lowest BCUT2D eigenvalue weighted by Crippen LogP contribution is -2.21. The van der Waals surface area contributed by atoms with Crippen LogP contribution < -0.4 is 4.74 Å². The summed E-state index contributed by atoms with van der Waals surface area (Å²) in [5, 5.41) is 6.34. The van der Waals surface area contributed by atoms with Gasteiger partial charge >= 0.3 is 0 Å². The molecule has 1 aromatic rings. The third-order valence-electron chi connectivity index (χ3n) is 2.64. The SMILES string of the molecule is COc1ccc(C=NC2=NN3C(=O)CSC3S2)cc1.